The number of hydrogen-bond donors (Lipinski definition) is 2. The standard InChI is InChI=1S/C36H33BrFN7O4/c1-20-16-22(6-13-28(20)37)35(47)43-19-30-32(34(46)41-17-27-26(4-3-5-29(27)38)33-40-15-14-31(39)42-33)45(36(48)44(30)18-21(43)2)23-7-9-24(10-8-23)49-25-11-12-25/h3-10,13-16,21,25H,11-12,17-19H2,1-2H3,(H,41,46)(H2,39,40,42)/t21-/m1/s1. The van der Waals surface area contributed by atoms with Gasteiger partial charge in [0.1, 0.15) is 23.1 Å². The van der Waals surface area contributed by atoms with Crippen LogP contribution in [0.4, 0.5) is 10.2 Å². The summed E-state index contributed by atoms with van der Waals surface area (Å²) in [7, 11) is 0. The molecule has 2 aliphatic rings. The van der Waals surface area contributed by atoms with Crippen LogP contribution < -0.4 is 21.5 Å². The lowest BCUT2D eigenvalue weighted by Crippen LogP contribution is -2.47. The van der Waals surface area contributed by atoms with Gasteiger partial charge in [-0.3, -0.25) is 18.7 Å². The first kappa shape index (κ1) is 32.3. The molecule has 1 aliphatic carbocycles. The van der Waals surface area contributed by atoms with E-state index in [0.717, 1.165) is 22.9 Å². The SMILES string of the molecule is Cc1cc(C(=O)N2Cc3c(C(=O)NCc4c(F)cccc4-c4nccc(N)n4)n(-c4ccc(OC5CC5)cc4)c(=O)n3C[C@H]2C)ccc1Br. The molecule has 0 radical (unpaired) electrons. The van der Waals surface area contributed by atoms with Crippen LogP contribution in [-0.4, -0.2) is 48.0 Å². The number of amides is 2. The van der Waals surface area contributed by atoms with E-state index in [9.17, 15) is 14.4 Å². The van der Waals surface area contributed by atoms with Crippen LogP contribution in [0.25, 0.3) is 17.1 Å². The molecule has 0 bridgehead atoms. The molecule has 49 heavy (non-hydrogen) atoms. The third kappa shape index (κ3) is 6.33. The van der Waals surface area contributed by atoms with E-state index in [4.69, 9.17) is 10.5 Å². The van der Waals surface area contributed by atoms with Gasteiger partial charge in [0.25, 0.3) is 11.8 Å². The molecule has 1 saturated carbocycles. The van der Waals surface area contributed by atoms with Gasteiger partial charge in [-0.05, 0) is 86.8 Å². The molecule has 1 atom stereocenters. The Kier molecular flexibility index (Phi) is 8.53. The zero-order valence-corrected chi connectivity index (χ0v) is 28.4. The summed E-state index contributed by atoms with van der Waals surface area (Å²) >= 11 is 3.49. The van der Waals surface area contributed by atoms with Crippen LogP contribution in [-0.2, 0) is 19.6 Å². The molecular weight excluding hydrogens is 693 g/mol. The number of fused-ring (bicyclic) bond motifs is 1. The molecule has 13 heteroatoms. The van der Waals surface area contributed by atoms with Crippen LogP contribution in [0.2, 0.25) is 0 Å². The molecule has 3 heterocycles. The number of nitrogens with one attached hydrogen (secondary N) is 1. The smallest absolute Gasteiger partial charge is 0.333 e. The van der Waals surface area contributed by atoms with Crippen LogP contribution in [0.5, 0.6) is 5.75 Å². The molecule has 0 saturated heterocycles. The summed E-state index contributed by atoms with van der Waals surface area (Å²) in [4.78, 5) is 52.3. The van der Waals surface area contributed by atoms with Crippen molar-refractivity contribution in [1.82, 2.24) is 29.3 Å². The summed E-state index contributed by atoms with van der Waals surface area (Å²) in [5.74, 6) is -0.313. The minimum Gasteiger partial charge on any atom is -0.490 e. The predicted octanol–water partition coefficient (Wildman–Crippen LogP) is 5.40. The Bertz CT molecular complexity index is 2160. The maximum atomic E-state index is 15.3. The van der Waals surface area contributed by atoms with Gasteiger partial charge in [-0.15, -0.1) is 0 Å². The Balaban J connectivity index is 1.27. The summed E-state index contributed by atoms with van der Waals surface area (Å²) in [6, 6.07) is 18.0. The number of anilines is 1. The van der Waals surface area contributed by atoms with Crippen LogP contribution in [0.1, 0.15) is 57.4 Å². The van der Waals surface area contributed by atoms with Crippen molar-refractivity contribution in [3.8, 4) is 22.8 Å². The molecule has 5 aromatic rings. The van der Waals surface area contributed by atoms with Gasteiger partial charge in [0.05, 0.1) is 24.0 Å². The fourth-order valence-corrected chi connectivity index (χ4v) is 6.31. The van der Waals surface area contributed by atoms with Gasteiger partial charge >= 0.3 is 5.69 Å². The third-order valence-electron chi connectivity index (χ3n) is 8.81. The highest BCUT2D eigenvalue weighted by Crippen LogP contribution is 2.30. The summed E-state index contributed by atoms with van der Waals surface area (Å²) in [6.45, 7) is 3.73. The predicted molar refractivity (Wildman–Crippen MR) is 185 cm³/mol. The molecular formula is C36H33BrFN7O4. The highest BCUT2D eigenvalue weighted by Gasteiger charge is 2.35. The van der Waals surface area contributed by atoms with E-state index in [1.165, 1.54) is 29.0 Å². The number of benzene rings is 3. The molecule has 2 aromatic heterocycles. The second-order valence-corrected chi connectivity index (χ2v) is 13.2. The number of nitrogens with two attached hydrogens (primary N) is 1. The Labute approximate surface area is 289 Å². The number of aromatic nitrogens is 4. The molecule has 1 fully saturated rings. The molecule has 250 valence electrons. The van der Waals surface area contributed by atoms with E-state index >= 15 is 4.39 Å². The summed E-state index contributed by atoms with van der Waals surface area (Å²) in [5, 5.41) is 2.83. The summed E-state index contributed by atoms with van der Waals surface area (Å²) in [6.07, 6.45) is 3.66. The molecule has 0 unspecified atom stereocenters. The lowest BCUT2D eigenvalue weighted by atomic mass is 10.1. The Hall–Kier alpha value is -5.30. The minimum atomic E-state index is -0.617. The van der Waals surface area contributed by atoms with Crippen molar-refractivity contribution in [2.45, 2.75) is 58.5 Å². The second kappa shape index (κ2) is 13.0. The van der Waals surface area contributed by atoms with Gasteiger partial charge in [0.15, 0.2) is 5.82 Å². The highest BCUT2D eigenvalue weighted by molar-refractivity contribution is 9.10. The molecule has 11 nitrogen and oxygen atoms in total. The number of imidazole rings is 1. The zero-order valence-electron chi connectivity index (χ0n) is 26.8. The van der Waals surface area contributed by atoms with Crippen molar-refractivity contribution in [3.63, 3.8) is 0 Å². The lowest BCUT2D eigenvalue weighted by molar-refractivity contribution is 0.0610. The van der Waals surface area contributed by atoms with Crippen molar-refractivity contribution in [1.29, 1.82) is 0 Å². The topological polar surface area (TPSA) is 137 Å². The van der Waals surface area contributed by atoms with Crippen molar-refractivity contribution < 1.29 is 18.7 Å². The zero-order chi connectivity index (χ0) is 34.4. The van der Waals surface area contributed by atoms with Gasteiger partial charge in [0, 0.05) is 46.5 Å². The molecule has 1 aliphatic heterocycles. The monoisotopic (exact) mass is 725 g/mol. The summed E-state index contributed by atoms with van der Waals surface area (Å²) in [5.41, 5.74) is 8.24. The van der Waals surface area contributed by atoms with Crippen LogP contribution in [0, 0.1) is 12.7 Å². The normalized spacial score (nSPS) is 15.5. The number of aryl methyl sites for hydroxylation is 1. The first-order valence-electron chi connectivity index (χ1n) is 15.9. The minimum absolute atomic E-state index is 0.00502. The van der Waals surface area contributed by atoms with Gasteiger partial charge in [-0.25, -0.2) is 19.2 Å². The maximum Gasteiger partial charge on any atom is 0.333 e. The van der Waals surface area contributed by atoms with E-state index in [0.29, 0.717) is 28.3 Å². The average Bonchev–Trinajstić information content (AvgIpc) is 3.86. The van der Waals surface area contributed by atoms with Crippen molar-refractivity contribution in [3.05, 3.63) is 122 Å². The van der Waals surface area contributed by atoms with E-state index in [2.05, 4.69) is 31.2 Å². The van der Waals surface area contributed by atoms with Crippen molar-refractivity contribution in [2.24, 2.45) is 0 Å². The third-order valence-corrected chi connectivity index (χ3v) is 9.70. The number of carbonyl (C=O) groups is 2. The van der Waals surface area contributed by atoms with Gasteiger partial charge in [-0.1, -0.05) is 28.1 Å². The fraction of sp³-hybridized carbons (Fsp3) is 0.250. The van der Waals surface area contributed by atoms with E-state index in [1.807, 2.05) is 19.9 Å². The fourth-order valence-electron chi connectivity index (χ4n) is 6.06. The molecule has 0 spiro atoms. The van der Waals surface area contributed by atoms with E-state index in [-0.39, 0.29) is 60.6 Å². The van der Waals surface area contributed by atoms with Crippen LogP contribution in [0.3, 0.4) is 0 Å². The number of ether oxygens (including phenoxy) is 1. The molecule has 3 N–H and O–H groups in total. The largest absolute Gasteiger partial charge is 0.490 e. The van der Waals surface area contributed by atoms with Gasteiger partial charge < -0.3 is 20.7 Å². The van der Waals surface area contributed by atoms with Gasteiger partial charge in [0.2, 0.25) is 0 Å². The Morgan fingerprint density at radius 3 is 2.59 bits per heavy atom. The first-order chi connectivity index (χ1) is 23.6. The van der Waals surface area contributed by atoms with Crippen LogP contribution >= 0.6 is 15.9 Å². The van der Waals surface area contributed by atoms with Crippen LogP contribution in [0.15, 0.2) is 82.2 Å². The number of rotatable bonds is 8. The summed E-state index contributed by atoms with van der Waals surface area (Å²) < 4.78 is 25.0. The quantitative estimate of drug-likeness (QED) is 0.219. The van der Waals surface area contributed by atoms with E-state index < -0.39 is 17.4 Å². The van der Waals surface area contributed by atoms with E-state index in [1.54, 1.807) is 51.9 Å². The highest BCUT2D eigenvalue weighted by atomic mass is 79.9. The molecule has 2 amide bonds. The van der Waals surface area contributed by atoms with Crippen molar-refractivity contribution >= 4 is 33.6 Å². The lowest BCUT2D eigenvalue weighted by Gasteiger charge is -2.34. The number of halogens is 2. The Morgan fingerprint density at radius 1 is 1.10 bits per heavy atom. The number of carbonyl (C=O) groups excluding carboxylic acids is 2. The second-order valence-electron chi connectivity index (χ2n) is 12.3. The van der Waals surface area contributed by atoms with Crippen molar-refractivity contribution in [2.75, 3.05) is 5.73 Å². The first-order valence-corrected chi connectivity index (χ1v) is 16.7. The number of hydrogen-bond acceptors (Lipinski definition) is 7. The number of nitrogen functional groups attached to an aromatic ring is 1. The van der Waals surface area contributed by atoms with Gasteiger partial charge in [-0.2, -0.15) is 0 Å². The molecule has 7 rings (SSSR count). The maximum absolute atomic E-state index is 15.3. The Morgan fingerprint density at radius 2 is 1.88 bits per heavy atom. The number of nitrogens with zero attached hydrogens (tertiary/aromatic N) is 5. The average molecular weight is 727 g/mol. The molecule has 3 aromatic carbocycles.